The average Bonchev–Trinajstić information content (AvgIpc) is 3.27. The van der Waals surface area contributed by atoms with Crippen LogP contribution < -0.4 is 4.74 Å². The molecule has 0 aliphatic carbocycles. The molecule has 39 heavy (non-hydrogen) atoms. The van der Waals surface area contributed by atoms with E-state index in [0.717, 1.165) is 47.3 Å². The zero-order chi connectivity index (χ0) is 28.2. The molecule has 1 aromatic heterocycles. The molecule has 1 saturated heterocycles. The Morgan fingerprint density at radius 2 is 1.77 bits per heavy atom. The topological polar surface area (TPSA) is 93.8 Å². The Hall–Kier alpha value is -3.99. The number of hydrogen-bond donors (Lipinski definition) is 0. The molecule has 206 valence electrons. The number of esters is 1. The van der Waals surface area contributed by atoms with E-state index in [2.05, 4.69) is 23.6 Å². The highest BCUT2D eigenvalue weighted by atomic mass is 16.6. The maximum atomic E-state index is 12.9. The molecule has 8 nitrogen and oxygen atoms in total. The highest BCUT2D eigenvalue weighted by Crippen LogP contribution is 2.29. The lowest BCUT2D eigenvalue weighted by molar-refractivity contribution is -0.142. The van der Waals surface area contributed by atoms with Gasteiger partial charge in [0, 0.05) is 50.1 Å². The molecule has 2 heterocycles. The largest absolute Gasteiger partial charge is 0.490 e. The minimum absolute atomic E-state index is 0.00417. The maximum Gasteiger partial charge on any atom is 0.410 e. The molecule has 3 aromatic rings. The van der Waals surface area contributed by atoms with E-state index in [1.165, 1.54) is 7.11 Å². The molecule has 1 aliphatic rings. The number of likely N-dealkylation sites (tertiary alicyclic amines) is 1. The monoisotopic (exact) mass is 531 g/mol. The van der Waals surface area contributed by atoms with Gasteiger partial charge in [0.2, 0.25) is 0 Å². The van der Waals surface area contributed by atoms with Crippen molar-refractivity contribution >= 4 is 23.0 Å². The van der Waals surface area contributed by atoms with Gasteiger partial charge in [-0.05, 0) is 69.0 Å². The highest BCUT2D eigenvalue weighted by molar-refractivity contribution is 5.84. The lowest BCUT2D eigenvalue weighted by Crippen LogP contribution is -2.44. The molecule has 1 unspecified atom stereocenters. The van der Waals surface area contributed by atoms with Crippen molar-refractivity contribution in [3.05, 3.63) is 65.4 Å². The van der Waals surface area contributed by atoms with Crippen LogP contribution in [0.4, 0.5) is 4.79 Å². The molecule has 1 amide bonds. The van der Waals surface area contributed by atoms with Crippen molar-refractivity contribution in [2.75, 3.05) is 20.2 Å². The van der Waals surface area contributed by atoms with Crippen molar-refractivity contribution in [1.29, 1.82) is 5.26 Å². The number of carbonyl (C=O) groups is 2. The van der Waals surface area contributed by atoms with Crippen LogP contribution in [0.5, 0.6) is 5.75 Å². The Bertz CT molecular complexity index is 1360. The van der Waals surface area contributed by atoms with Crippen LogP contribution in [0, 0.1) is 11.3 Å². The first-order valence-electron chi connectivity index (χ1n) is 13.5. The van der Waals surface area contributed by atoms with Crippen molar-refractivity contribution in [3.63, 3.8) is 0 Å². The van der Waals surface area contributed by atoms with E-state index in [9.17, 15) is 14.9 Å². The molecule has 8 heteroatoms. The van der Waals surface area contributed by atoms with Gasteiger partial charge in [0.1, 0.15) is 17.5 Å². The number of aromatic nitrogens is 1. The molecule has 0 saturated carbocycles. The number of nitrogens with zero attached hydrogens (tertiary/aromatic N) is 3. The number of nitriles is 1. The fraction of sp³-hybridized carbons (Fsp3) is 0.452. The van der Waals surface area contributed by atoms with Crippen LogP contribution >= 0.6 is 0 Å². The maximum absolute atomic E-state index is 12.9. The van der Waals surface area contributed by atoms with Crippen molar-refractivity contribution in [1.82, 2.24) is 9.47 Å². The number of benzene rings is 2. The Kier molecular flexibility index (Phi) is 8.49. The van der Waals surface area contributed by atoms with Gasteiger partial charge in [0.05, 0.1) is 24.7 Å². The summed E-state index contributed by atoms with van der Waals surface area (Å²) in [6.07, 6.45) is 1.64. The van der Waals surface area contributed by atoms with Crippen LogP contribution in [0.2, 0.25) is 0 Å². The highest BCUT2D eigenvalue weighted by Gasteiger charge is 2.28. The third-order valence-corrected chi connectivity index (χ3v) is 7.01. The summed E-state index contributed by atoms with van der Waals surface area (Å²) in [5.41, 5.74) is 2.94. The Morgan fingerprint density at radius 3 is 2.36 bits per heavy atom. The van der Waals surface area contributed by atoms with E-state index in [0.29, 0.717) is 25.1 Å². The van der Waals surface area contributed by atoms with Crippen LogP contribution in [-0.2, 0) is 27.2 Å². The van der Waals surface area contributed by atoms with Gasteiger partial charge in [0.25, 0.3) is 0 Å². The molecule has 0 N–H and O–H groups in total. The van der Waals surface area contributed by atoms with Crippen LogP contribution in [0.15, 0.2) is 48.5 Å². The summed E-state index contributed by atoms with van der Waals surface area (Å²) in [5.74, 6) is -0.0558. The average molecular weight is 532 g/mol. The van der Waals surface area contributed by atoms with Crippen molar-refractivity contribution in [2.24, 2.45) is 0 Å². The number of aryl methyl sites for hydroxylation is 1. The fourth-order valence-corrected chi connectivity index (χ4v) is 5.07. The molecule has 0 radical (unpaired) electrons. The minimum atomic E-state index is -0.512. The number of ether oxygens (including phenoxy) is 3. The summed E-state index contributed by atoms with van der Waals surface area (Å²) in [6, 6.07) is 17.5. The predicted octanol–water partition coefficient (Wildman–Crippen LogP) is 5.81. The van der Waals surface area contributed by atoms with E-state index < -0.39 is 11.5 Å². The second kappa shape index (κ2) is 11.8. The van der Waals surface area contributed by atoms with E-state index in [1.807, 2.05) is 63.2 Å². The Balaban J connectivity index is 1.44. The summed E-state index contributed by atoms with van der Waals surface area (Å²) >= 11 is 0. The number of carbonyl (C=O) groups excluding carboxylic acids is 2. The fourth-order valence-electron chi connectivity index (χ4n) is 5.07. The first-order valence-corrected chi connectivity index (χ1v) is 13.5. The molecular formula is C31H37N3O5. The standard InChI is InChI=1S/C31H37N3O5/c1-6-34-24(18-23-8-7-21(20-32)17-28(23)34)19-27(29(35)37-5)22-9-11-25(12-10-22)38-26-13-15-33(16-14-26)30(36)39-31(2,3)4/h7-12,17-18,26-27H,6,13-16,19H2,1-5H3. The van der Waals surface area contributed by atoms with Gasteiger partial charge in [-0.1, -0.05) is 18.2 Å². The van der Waals surface area contributed by atoms with Crippen molar-refractivity contribution in [2.45, 2.75) is 71.1 Å². The summed E-state index contributed by atoms with van der Waals surface area (Å²) in [5, 5.41) is 10.3. The van der Waals surface area contributed by atoms with Gasteiger partial charge in [0.15, 0.2) is 0 Å². The van der Waals surface area contributed by atoms with E-state index in [-0.39, 0.29) is 18.2 Å². The number of hydrogen-bond acceptors (Lipinski definition) is 6. The van der Waals surface area contributed by atoms with Crippen LogP contribution in [0.25, 0.3) is 10.9 Å². The first-order chi connectivity index (χ1) is 18.6. The lowest BCUT2D eigenvalue weighted by atomic mass is 9.94. The lowest BCUT2D eigenvalue weighted by Gasteiger charge is -2.33. The second-order valence-electron chi connectivity index (χ2n) is 10.9. The van der Waals surface area contributed by atoms with Gasteiger partial charge < -0.3 is 23.7 Å². The summed E-state index contributed by atoms with van der Waals surface area (Å²) in [4.78, 5) is 26.9. The molecule has 4 rings (SSSR count). The van der Waals surface area contributed by atoms with Gasteiger partial charge in [-0.3, -0.25) is 4.79 Å². The summed E-state index contributed by atoms with van der Waals surface area (Å²) in [6.45, 7) is 9.55. The molecule has 0 spiro atoms. The SMILES string of the molecule is CCn1c(CC(C(=O)OC)c2ccc(OC3CCN(C(=O)OC(C)(C)C)CC3)cc2)cc2ccc(C#N)cc21. The number of piperidine rings is 1. The molecule has 0 bridgehead atoms. The third-order valence-electron chi connectivity index (χ3n) is 7.01. The van der Waals surface area contributed by atoms with Gasteiger partial charge in [-0.2, -0.15) is 5.26 Å². The van der Waals surface area contributed by atoms with Crippen LogP contribution in [0.3, 0.4) is 0 Å². The van der Waals surface area contributed by atoms with Gasteiger partial charge in [-0.15, -0.1) is 0 Å². The van der Waals surface area contributed by atoms with Crippen molar-refractivity contribution < 1.29 is 23.8 Å². The quantitative estimate of drug-likeness (QED) is 0.357. The third kappa shape index (κ3) is 6.72. The molecule has 1 fully saturated rings. The number of fused-ring (bicyclic) bond motifs is 1. The molecule has 2 aromatic carbocycles. The normalized spacial score (nSPS) is 15.0. The summed E-state index contributed by atoms with van der Waals surface area (Å²) in [7, 11) is 1.41. The zero-order valence-electron chi connectivity index (χ0n) is 23.4. The number of amides is 1. The van der Waals surface area contributed by atoms with E-state index in [4.69, 9.17) is 14.2 Å². The Labute approximate surface area is 230 Å². The first kappa shape index (κ1) is 28.0. The number of methoxy groups -OCH3 is 1. The molecular weight excluding hydrogens is 494 g/mol. The number of rotatable bonds is 7. The smallest absolute Gasteiger partial charge is 0.410 e. The van der Waals surface area contributed by atoms with Gasteiger partial charge >= 0.3 is 12.1 Å². The van der Waals surface area contributed by atoms with E-state index >= 15 is 0 Å². The Morgan fingerprint density at radius 1 is 1.08 bits per heavy atom. The van der Waals surface area contributed by atoms with E-state index in [1.54, 1.807) is 4.90 Å². The van der Waals surface area contributed by atoms with Crippen LogP contribution in [-0.4, -0.2) is 53.4 Å². The van der Waals surface area contributed by atoms with Gasteiger partial charge in [-0.25, -0.2) is 4.79 Å². The van der Waals surface area contributed by atoms with Crippen LogP contribution in [0.1, 0.15) is 63.3 Å². The second-order valence-corrected chi connectivity index (χ2v) is 10.9. The molecule has 1 atom stereocenters. The summed E-state index contributed by atoms with van der Waals surface area (Å²) < 4.78 is 19.0. The molecule has 1 aliphatic heterocycles. The minimum Gasteiger partial charge on any atom is -0.490 e. The van der Waals surface area contributed by atoms with Crippen molar-refractivity contribution in [3.8, 4) is 11.8 Å². The zero-order valence-corrected chi connectivity index (χ0v) is 23.4. The predicted molar refractivity (Wildman–Crippen MR) is 149 cm³/mol.